The standard InChI is InChI=1S/C32H38N2O8/c1-37-19-5-7-20(8-6-19)41-17-28(35)42-27-13-18-16-34-12-11-23-22-10-9-21(38-2)14-25(22)33-30(23)26(34)15-24(18)29(31(27)39-3)32(36)40-4/h5-10,14,18,24,26-27,29,31,33H,11-13,15-17H2,1-4H3/p+1/t18-,24+,26-,27+,29+,31+/m1/s1. The van der Waals surface area contributed by atoms with Gasteiger partial charge in [-0.2, -0.15) is 0 Å². The summed E-state index contributed by atoms with van der Waals surface area (Å²) in [6.07, 6.45) is 1.23. The summed E-state index contributed by atoms with van der Waals surface area (Å²) in [7, 11) is 6.25. The number of esters is 2. The molecule has 0 amide bonds. The molecule has 42 heavy (non-hydrogen) atoms. The highest BCUT2D eigenvalue weighted by molar-refractivity contribution is 5.86. The maximum Gasteiger partial charge on any atom is 0.344 e. The largest absolute Gasteiger partial charge is 0.497 e. The fourth-order valence-corrected chi connectivity index (χ4v) is 7.58. The number of carbonyl (C=O) groups excluding carboxylic acids is 2. The fraction of sp³-hybridized carbons (Fsp3) is 0.500. The van der Waals surface area contributed by atoms with E-state index in [0.29, 0.717) is 17.9 Å². The van der Waals surface area contributed by atoms with Crippen LogP contribution in [-0.4, -0.2) is 77.3 Å². The molecule has 2 aromatic carbocycles. The SMILES string of the molecule is COC(=O)[C@H]1[C@H]2C[C@@H]3c4[nH]c5cc(OC)ccc5c4CC[NH+]3C[C@H]2C[C@H](OC(=O)COc2ccc(OC)cc2)[C@@H]1OC. The van der Waals surface area contributed by atoms with Gasteiger partial charge in [0.1, 0.15) is 35.5 Å². The van der Waals surface area contributed by atoms with E-state index in [1.807, 2.05) is 6.07 Å². The van der Waals surface area contributed by atoms with Crippen molar-refractivity contribution in [2.45, 2.75) is 37.5 Å². The van der Waals surface area contributed by atoms with Crippen LogP contribution in [0, 0.1) is 17.8 Å². The van der Waals surface area contributed by atoms with Gasteiger partial charge in [0.25, 0.3) is 0 Å². The molecule has 1 saturated carbocycles. The second kappa shape index (κ2) is 11.9. The highest BCUT2D eigenvalue weighted by atomic mass is 16.6. The maximum absolute atomic E-state index is 13.3. The lowest BCUT2D eigenvalue weighted by Gasteiger charge is -2.50. The number of rotatable bonds is 8. The topological polar surface area (TPSA) is 110 Å². The van der Waals surface area contributed by atoms with Gasteiger partial charge in [-0.05, 0) is 54.3 Å². The molecule has 3 aromatic rings. The molecule has 10 nitrogen and oxygen atoms in total. The van der Waals surface area contributed by atoms with E-state index in [0.717, 1.165) is 37.2 Å². The molecule has 6 rings (SSSR count). The van der Waals surface area contributed by atoms with E-state index in [2.05, 4.69) is 17.1 Å². The third kappa shape index (κ3) is 5.18. The number of quaternary nitrogens is 1. The van der Waals surface area contributed by atoms with Crippen molar-refractivity contribution in [3.63, 3.8) is 0 Å². The van der Waals surface area contributed by atoms with Crippen molar-refractivity contribution in [1.82, 2.24) is 4.98 Å². The number of aromatic amines is 1. The van der Waals surface area contributed by atoms with Crippen molar-refractivity contribution < 1.29 is 42.9 Å². The number of piperidine rings is 1. The molecule has 3 heterocycles. The average molecular weight is 580 g/mol. The quantitative estimate of drug-likeness (QED) is 0.392. The monoisotopic (exact) mass is 579 g/mol. The van der Waals surface area contributed by atoms with Gasteiger partial charge in [-0.15, -0.1) is 0 Å². The van der Waals surface area contributed by atoms with Gasteiger partial charge in [-0.25, -0.2) is 4.79 Å². The Bertz CT molecular complexity index is 1440. The Labute approximate surface area is 245 Å². The Kier molecular flexibility index (Phi) is 8.00. The number of hydrogen-bond acceptors (Lipinski definition) is 8. The smallest absolute Gasteiger partial charge is 0.344 e. The van der Waals surface area contributed by atoms with Crippen LogP contribution in [-0.2, 0) is 30.2 Å². The van der Waals surface area contributed by atoms with Crippen LogP contribution in [0.3, 0.4) is 0 Å². The molecule has 224 valence electrons. The van der Waals surface area contributed by atoms with Crippen molar-refractivity contribution in [2.24, 2.45) is 17.8 Å². The number of H-pyrrole nitrogens is 1. The first-order chi connectivity index (χ1) is 20.4. The van der Waals surface area contributed by atoms with Crippen molar-refractivity contribution in [3.05, 3.63) is 53.7 Å². The molecule has 10 heteroatoms. The molecule has 1 aromatic heterocycles. The van der Waals surface area contributed by atoms with Crippen LogP contribution in [0.15, 0.2) is 42.5 Å². The zero-order valence-electron chi connectivity index (χ0n) is 24.5. The van der Waals surface area contributed by atoms with Crippen molar-refractivity contribution >= 4 is 22.8 Å². The van der Waals surface area contributed by atoms with E-state index in [-0.39, 0.29) is 30.5 Å². The second-order valence-electron chi connectivity index (χ2n) is 11.5. The fourth-order valence-electron chi connectivity index (χ4n) is 7.58. The molecule has 1 unspecified atom stereocenters. The predicted octanol–water partition coefficient (Wildman–Crippen LogP) is 2.50. The van der Waals surface area contributed by atoms with Crippen molar-refractivity contribution in [2.75, 3.05) is 48.1 Å². The number of ether oxygens (including phenoxy) is 6. The molecule has 2 fully saturated rings. The number of fused-ring (bicyclic) bond motifs is 6. The third-order valence-electron chi connectivity index (χ3n) is 9.48. The van der Waals surface area contributed by atoms with E-state index in [9.17, 15) is 9.59 Å². The van der Waals surface area contributed by atoms with Crippen LogP contribution in [0.4, 0.5) is 0 Å². The molecule has 2 aliphatic heterocycles. The van der Waals surface area contributed by atoms with E-state index in [4.69, 9.17) is 28.4 Å². The minimum absolute atomic E-state index is 0.0357. The highest BCUT2D eigenvalue weighted by Gasteiger charge is 2.56. The molecule has 1 saturated heterocycles. The summed E-state index contributed by atoms with van der Waals surface area (Å²) in [6.45, 7) is 1.65. The van der Waals surface area contributed by atoms with Crippen molar-refractivity contribution in [1.29, 1.82) is 0 Å². The van der Waals surface area contributed by atoms with Gasteiger partial charge in [0.2, 0.25) is 0 Å². The Hall–Kier alpha value is -3.76. The van der Waals surface area contributed by atoms with Gasteiger partial charge in [-0.1, -0.05) is 0 Å². The molecule has 7 atom stereocenters. The number of aromatic nitrogens is 1. The second-order valence-corrected chi connectivity index (χ2v) is 11.5. The number of carbonyl (C=O) groups is 2. The van der Waals surface area contributed by atoms with Crippen LogP contribution in [0.1, 0.15) is 30.1 Å². The molecule has 2 N–H and O–H groups in total. The van der Waals surface area contributed by atoms with Crippen molar-refractivity contribution in [3.8, 4) is 17.2 Å². The van der Waals surface area contributed by atoms with E-state index in [1.165, 1.54) is 28.7 Å². The first-order valence-electron chi connectivity index (χ1n) is 14.5. The molecule has 0 radical (unpaired) electrons. The van der Waals surface area contributed by atoms with Gasteiger partial charge in [-0.3, -0.25) is 4.79 Å². The van der Waals surface area contributed by atoms with Gasteiger partial charge >= 0.3 is 11.9 Å². The molecule has 0 spiro atoms. The molecule has 0 bridgehead atoms. The Morgan fingerprint density at radius 1 is 0.952 bits per heavy atom. The Balaban J connectivity index is 1.21. The molecular formula is C32H39N2O8+. The lowest BCUT2D eigenvalue weighted by molar-refractivity contribution is -0.945. The lowest BCUT2D eigenvalue weighted by Crippen LogP contribution is -3.15. The van der Waals surface area contributed by atoms with Gasteiger partial charge in [0.15, 0.2) is 6.61 Å². The normalized spacial score (nSPS) is 28.1. The van der Waals surface area contributed by atoms with Gasteiger partial charge < -0.3 is 38.3 Å². The summed E-state index contributed by atoms with van der Waals surface area (Å²) in [4.78, 5) is 31.4. The first-order valence-corrected chi connectivity index (χ1v) is 14.5. The molecule has 1 aliphatic carbocycles. The third-order valence-corrected chi connectivity index (χ3v) is 9.48. The zero-order valence-corrected chi connectivity index (χ0v) is 24.5. The molecule has 3 aliphatic rings. The van der Waals surface area contributed by atoms with E-state index in [1.54, 1.807) is 45.6 Å². The zero-order chi connectivity index (χ0) is 29.4. The predicted molar refractivity (Wildman–Crippen MR) is 153 cm³/mol. The van der Waals surface area contributed by atoms with Crippen LogP contribution < -0.4 is 19.1 Å². The number of methoxy groups -OCH3 is 4. The van der Waals surface area contributed by atoms with E-state index < -0.39 is 24.1 Å². The van der Waals surface area contributed by atoms with Crippen LogP contribution in [0.5, 0.6) is 17.2 Å². The van der Waals surface area contributed by atoms with Gasteiger partial charge in [0.05, 0.1) is 46.0 Å². The number of benzene rings is 2. The van der Waals surface area contributed by atoms with Crippen LogP contribution >= 0.6 is 0 Å². The summed E-state index contributed by atoms with van der Waals surface area (Å²) >= 11 is 0. The average Bonchev–Trinajstić information content (AvgIpc) is 3.40. The Morgan fingerprint density at radius 2 is 1.69 bits per heavy atom. The van der Waals surface area contributed by atoms with Crippen LogP contribution in [0.25, 0.3) is 10.9 Å². The minimum Gasteiger partial charge on any atom is -0.497 e. The summed E-state index contributed by atoms with van der Waals surface area (Å²) < 4.78 is 33.4. The van der Waals surface area contributed by atoms with E-state index >= 15 is 0 Å². The summed E-state index contributed by atoms with van der Waals surface area (Å²) in [5, 5.41) is 1.23. The molecular weight excluding hydrogens is 540 g/mol. The first kappa shape index (κ1) is 28.4. The highest BCUT2D eigenvalue weighted by Crippen LogP contribution is 2.45. The summed E-state index contributed by atoms with van der Waals surface area (Å²) in [6, 6.07) is 13.4. The summed E-state index contributed by atoms with van der Waals surface area (Å²) in [5.74, 6) is 0.899. The maximum atomic E-state index is 13.3. The van der Waals surface area contributed by atoms with Gasteiger partial charge in [0, 0.05) is 42.8 Å². The Morgan fingerprint density at radius 3 is 2.40 bits per heavy atom. The number of hydrogen-bond donors (Lipinski definition) is 2. The lowest BCUT2D eigenvalue weighted by atomic mass is 9.64. The summed E-state index contributed by atoms with van der Waals surface area (Å²) in [5.41, 5.74) is 3.69. The number of nitrogens with one attached hydrogen (secondary N) is 2. The minimum atomic E-state index is -0.611. The van der Waals surface area contributed by atoms with Crippen LogP contribution in [0.2, 0.25) is 0 Å².